The van der Waals surface area contributed by atoms with E-state index < -0.39 is 16.7 Å². The average molecular weight is 335 g/mol. The van der Waals surface area contributed by atoms with Crippen molar-refractivity contribution in [3.8, 4) is 6.07 Å². The Morgan fingerprint density at radius 2 is 2.00 bits per heavy atom. The number of nitrogens with one attached hydrogen (secondary N) is 1. The third-order valence-corrected chi connectivity index (χ3v) is 5.34. The minimum Gasteiger partial charge on any atom is -0.444 e. The summed E-state index contributed by atoms with van der Waals surface area (Å²) in [7, 11) is 0. The number of nitriles is 1. The Morgan fingerprint density at radius 3 is 2.72 bits per heavy atom. The van der Waals surface area contributed by atoms with Crippen LogP contribution in [-0.2, 0) is 19.7 Å². The monoisotopic (exact) mass is 335 g/mol. The Kier molecular flexibility index (Phi) is 2.92. The Bertz CT molecular complexity index is 949. The Hall–Kier alpha value is -3.07. The molecule has 6 nitrogen and oxygen atoms in total. The van der Waals surface area contributed by atoms with Gasteiger partial charge in [-0.2, -0.15) is 5.26 Å². The molecular weight excluding hydrogens is 318 g/mol. The van der Waals surface area contributed by atoms with E-state index in [1.807, 2.05) is 19.9 Å². The lowest BCUT2D eigenvalue weighted by Crippen LogP contribution is -2.48. The number of fused-ring (bicyclic) bond motifs is 3. The van der Waals surface area contributed by atoms with E-state index in [-0.39, 0.29) is 22.8 Å². The first-order chi connectivity index (χ1) is 11.8. The molecule has 3 aliphatic rings. The van der Waals surface area contributed by atoms with Crippen LogP contribution in [0.3, 0.4) is 0 Å². The molecule has 0 fully saturated rings. The van der Waals surface area contributed by atoms with Crippen molar-refractivity contribution in [2.24, 2.45) is 11.1 Å². The molecular formula is C19H17N3O3. The number of allylic oxidation sites excluding steroid dienone is 1. The van der Waals surface area contributed by atoms with Crippen molar-refractivity contribution in [2.75, 3.05) is 5.32 Å². The van der Waals surface area contributed by atoms with Gasteiger partial charge in [0.2, 0.25) is 11.8 Å². The number of carbonyl (C=O) groups excluding carboxylic acids is 2. The lowest BCUT2D eigenvalue weighted by molar-refractivity contribution is -0.124. The molecule has 25 heavy (non-hydrogen) atoms. The van der Waals surface area contributed by atoms with Crippen LogP contribution in [0.2, 0.25) is 0 Å². The van der Waals surface area contributed by atoms with E-state index in [4.69, 9.17) is 10.5 Å². The first-order valence-electron chi connectivity index (χ1n) is 8.11. The van der Waals surface area contributed by atoms with Crippen molar-refractivity contribution in [1.29, 1.82) is 5.26 Å². The predicted molar refractivity (Wildman–Crippen MR) is 89.7 cm³/mol. The number of rotatable bonds is 0. The van der Waals surface area contributed by atoms with Crippen molar-refractivity contribution in [3.63, 3.8) is 0 Å². The summed E-state index contributed by atoms with van der Waals surface area (Å²) in [5.74, 6) is -0.334. The summed E-state index contributed by atoms with van der Waals surface area (Å²) in [6.45, 7) is 3.90. The van der Waals surface area contributed by atoms with Crippen LogP contribution in [0, 0.1) is 16.7 Å². The summed E-state index contributed by atoms with van der Waals surface area (Å²) in [5.41, 5.74) is 5.43. The van der Waals surface area contributed by atoms with E-state index in [0.29, 0.717) is 29.9 Å². The highest BCUT2D eigenvalue weighted by atomic mass is 16.5. The van der Waals surface area contributed by atoms with Crippen molar-refractivity contribution < 1.29 is 14.3 Å². The van der Waals surface area contributed by atoms with E-state index in [2.05, 4.69) is 5.32 Å². The maximum atomic E-state index is 13.1. The predicted octanol–water partition coefficient (Wildman–Crippen LogP) is 2.24. The lowest BCUT2D eigenvalue weighted by atomic mass is 9.61. The van der Waals surface area contributed by atoms with Crippen LogP contribution in [0.25, 0.3) is 0 Å². The summed E-state index contributed by atoms with van der Waals surface area (Å²) in [5, 5.41) is 12.6. The standard InChI is InChI=1S/C19H17N3O3/c1-18(2)8-7-13(23)14-15(18)25-16(21)11(9-20)19(14)10-5-3-4-6-12(10)22-17(19)24/h3-6H,7-8,21H2,1-2H3,(H,22,24). The van der Waals surface area contributed by atoms with Gasteiger partial charge in [-0.3, -0.25) is 9.59 Å². The van der Waals surface area contributed by atoms with Gasteiger partial charge in [0.05, 0.1) is 5.57 Å². The molecule has 126 valence electrons. The van der Waals surface area contributed by atoms with Gasteiger partial charge in [-0.1, -0.05) is 32.0 Å². The van der Waals surface area contributed by atoms with E-state index in [1.54, 1.807) is 24.3 Å². The number of amides is 1. The second-order valence-corrected chi connectivity index (χ2v) is 7.21. The molecule has 1 atom stereocenters. The van der Waals surface area contributed by atoms with Gasteiger partial charge in [-0.15, -0.1) is 0 Å². The number of para-hydroxylation sites is 1. The van der Waals surface area contributed by atoms with Gasteiger partial charge < -0.3 is 15.8 Å². The normalized spacial score (nSPS) is 26.8. The summed E-state index contributed by atoms with van der Waals surface area (Å²) in [4.78, 5) is 26.1. The van der Waals surface area contributed by atoms with Gasteiger partial charge >= 0.3 is 0 Å². The Morgan fingerprint density at radius 1 is 1.28 bits per heavy atom. The molecule has 1 aliphatic carbocycles. The van der Waals surface area contributed by atoms with Crippen molar-refractivity contribution in [2.45, 2.75) is 32.1 Å². The lowest BCUT2D eigenvalue weighted by Gasteiger charge is -2.42. The van der Waals surface area contributed by atoms with Crippen LogP contribution in [0.5, 0.6) is 0 Å². The number of carbonyl (C=O) groups is 2. The zero-order chi connectivity index (χ0) is 18.0. The third kappa shape index (κ3) is 1.73. The maximum absolute atomic E-state index is 13.1. The molecule has 4 rings (SSSR count). The molecule has 3 N–H and O–H groups in total. The Labute approximate surface area is 144 Å². The average Bonchev–Trinajstić information content (AvgIpc) is 2.85. The molecule has 1 amide bonds. The second-order valence-electron chi connectivity index (χ2n) is 7.21. The van der Waals surface area contributed by atoms with Crippen LogP contribution < -0.4 is 11.1 Å². The topological polar surface area (TPSA) is 105 Å². The first kappa shape index (κ1) is 15.5. The summed E-state index contributed by atoms with van der Waals surface area (Å²) in [6, 6.07) is 9.09. The molecule has 0 saturated heterocycles. The molecule has 6 heteroatoms. The maximum Gasteiger partial charge on any atom is 0.245 e. The van der Waals surface area contributed by atoms with Gasteiger partial charge in [0, 0.05) is 23.1 Å². The van der Waals surface area contributed by atoms with E-state index in [1.165, 1.54) is 0 Å². The number of nitrogens with two attached hydrogens (primary N) is 1. The minimum atomic E-state index is -1.53. The second kappa shape index (κ2) is 4.73. The van der Waals surface area contributed by atoms with Crippen molar-refractivity contribution in [1.82, 2.24) is 0 Å². The number of benzene rings is 1. The highest BCUT2D eigenvalue weighted by Gasteiger charge is 2.61. The highest BCUT2D eigenvalue weighted by molar-refractivity contribution is 6.19. The fourth-order valence-corrected chi connectivity index (χ4v) is 4.06. The molecule has 0 bridgehead atoms. The molecule has 2 aliphatic heterocycles. The quantitative estimate of drug-likeness (QED) is 0.756. The number of anilines is 1. The number of Topliss-reactive ketones (excluding diaryl/α,β-unsaturated/α-hetero) is 1. The van der Waals surface area contributed by atoms with Crippen molar-refractivity contribution in [3.05, 3.63) is 52.6 Å². The van der Waals surface area contributed by atoms with Crippen LogP contribution >= 0.6 is 0 Å². The first-order valence-corrected chi connectivity index (χ1v) is 8.11. The van der Waals surface area contributed by atoms with E-state index >= 15 is 0 Å². The summed E-state index contributed by atoms with van der Waals surface area (Å²) < 4.78 is 5.74. The summed E-state index contributed by atoms with van der Waals surface area (Å²) in [6.07, 6.45) is 0.893. The van der Waals surface area contributed by atoms with Gasteiger partial charge in [-0.25, -0.2) is 0 Å². The van der Waals surface area contributed by atoms with E-state index in [9.17, 15) is 14.9 Å². The number of hydrogen-bond donors (Lipinski definition) is 2. The van der Waals surface area contributed by atoms with Gasteiger partial charge in [0.1, 0.15) is 22.8 Å². The smallest absolute Gasteiger partial charge is 0.245 e. The fourth-order valence-electron chi connectivity index (χ4n) is 4.06. The molecule has 1 aromatic rings. The van der Waals surface area contributed by atoms with Crippen LogP contribution in [0.4, 0.5) is 5.69 Å². The van der Waals surface area contributed by atoms with Crippen molar-refractivity contribution >= 4 is 17.4 Å². The van der Waals surface area contributed by atoms with Crippen LogP contribution in [-0.4, -0.2) is 11.7 Å². The fraction of sp³-hybridized carbons (Fsp3) is 0.316. The third-order valence-electron chi connectivity index (χ3n) is 5.34. The Balaban J connectivity index is 2.16. The molecule has 1 spiro atoms. The zero-order valence-electron chi connectivity index (χ0n) is 14.0. The molecule has 0 aromatic heterocycles. The minimum absolute atomic E-state index is 0.0280. The van der Waals surface area contributed by atoms with Crippen LogP contribution in [0.15, 0.2) is 47.1 Å². The molecule has 0 saturated carbocycles. The molecule has 0 radical (unpaired) electrons. The number of ketones is 1. The van der Waals surface area contributed by atoms with Crippen LogP contribution in [0.1, 0.15) is 32.3 Å². The van der Waals surface area contributed by atoms with Gasteiger partial charge in [-0.05, 0) is 12.5 Å². The van der Waals surface area contributed by atoms with E-state index in [0.717, 1.165) is 0 Å². The molecule has 2 heterocycles. The number of nitrogens with zero attached hydrogens (tertiary/aromatic N) is 1. The zero-order valence-corrected chi connectivity index (χ0v) is 14.0. The molecule has 1 aromatic carbocycles. The number of ether oxygens (including phenoxy) is 1. The number of hydrogen-bond acceptors (Lipinski definition) is 5. The summed E-state index contributed by atoms with van der Waals surface area (Å²) >= 11 is 0. The highest BCUT2D eigenvalue weighted by Crippen LogP contribution is 2.56. The SMILES string of the molecule is CC1(C)CCC(=O)C2=C1OC(N)=C(C#N)C21C(=O)Nc2ccccc21. The van der Waals surface area contributed by atoms with Gasteiger partial charge in [0.15, 0.2) is 5.78 Å². The molecule has 1 unspecified atom stereocenters. The van der Waals surface area contributed by atoms with Gasteiger partial charge in [0.25, 0.3) is 0 Å². The largest absolute Gasteiger partial charge is 0.444 e.